The van der Waals surface area contributed by atoms with Gasteiger partial charge in [0.05, 0.1) is 22.8 Å². The van der Waals surface area contributed by atoms with E-state index in [-0.39, 0.29) is 41.7 Å². The van der Waals surface area contributed by atoms with Gasteiger partial charge in [-0.1, -0.05) is 0 Å². The largest absolute Gasteiger partial charge is 0.491 e. The molecule has 1 unspecified atom stereocenters. The minimum Gasteiger partial charge on any atom is -0.491 e. The van der Waals surface area contributed by atoms with Gasteiger partial charge in [-0.15, -0.1) is 0 Å². The number of hydrogen-bond acceptors (Lipinski definition) is 8. The summed E-state index contributed by atoms with van der Waals surface area (Å²) >= 11 is 0. The van der Waals surface area contributed by atoms with Crippen LogP contribution < -0.4 is 19.7 Å². The Balaban J connectivity index is 1.44. The van der Waals surface area contributed by atoms with E-state index >= 15 is 0 Å². The number of nitrogens with one attached hydrogen (secondary N) is 1. The third-order valence-corrected chi connectivity index (χ3v) is 8.10. The molecule has 1 saturated heterocycles. The summed E-state index contributed by atoms with van der Waals surface area (Å²) in [5.41, 5.74) is 1.02. The standard InChI is InChI=1S/C27H33N3O8S/c1-18(2)37-21-6-8-22(9-7-21)39(34,35)30-14-12-29(13-15-30)20-5-10-23(25(16-20)36-17-26(31)32)28-27(33)24-11-4-19(3)38-24/h5-11,16,18-19H,4,12-15,17H2,1-3H3,(H,28,33)(H,31,32). The fraction of sp³-hybridized carbons (Fsp3) is 0.407. The number of ether oxygens (including phenoxy) is 3. The molecule has 2 N–H and O–H groups in total. The summed E-state index contributed by atoms with van der Waals surface area (Å²) in [5, 5.41) is 11.8. The number of carboxylic acids is 1. The zero-order chi connectivity index (χ0) is 28.2. The molecular formula is C27H33N3O8S. The summed E-state index contributed by atoms with van der Waals surface area (Å²) in [4.78, 5) is 25.9. The molecule has 1 atom stereocenters. The van der Waals surface area contributed by atoms with Gasteiger partial charge >= 0.3 is 5.97 Å². The van der Waals surface area contributed by atoms with E-state index < -0.39 is 28.5 Å². The molecule has 2 aliphatic rings. The van der Waals surface area contributed by atoms with E-state index in [1.807, 2.05) is 25.7 Å². The zero-order valence-corrected chi connectivity index (χ0v) is 22.9. The second-order valence-electron chi connectivity index (χ2n) is 9.58. The van der Waals surface area contributed by atoms with E-state index in [9.17, 15) is 18.0 Å². The lowest BCUT2D eigenvalue weighted by Gasteiger charge is -2.35. The Bertz CT molecular complexity index is 1330. The lowest BCUT2D eigenvalue weighted by molar-refractivity contribution is -0.139. The maximum absolute atomic E-state index is 13.2. The predicted octanol–water partition coefficient (Wildman–Crippen LogP) is 3.08. The fourth-order valence-electron chi connectivity index (χ4n) is 4.28. The van der Waals surface area contributed by atoms with Gasteiger partial charge in [-0.3, -0.25) is 4.79 Å². The molecule has 0 spiro atoms. The molecule has 4 rings (SSSR count). The van der Waals surface area contributed by atoms with Gasteiger partial charge in [0.2, 0.25) is 10.0 Å². The number of hydrogen-bond donors (Lipinski definition) is 2. The van der Waals surface area contributed by atoms with Crippen LogP contribution in [-0.4, -0.2) is 74.7 Å². The Kier molecular flexibility index (Phi) is 8.66. The highest BCUT2D eigenvalue weighted by Crippen LogP contribution is 2.32. The fourth-order valence-corrected chi connectivity index (χ4v) is 5.71. The van der Waals surface area contributed by atoms with Gasteiger partial charge in [0, 0.05) is 44.4 Å². The van der Waals surface area contributed by atoms with E-state index in [4.69, 9.17) is 19.3 Å². The highest BCUT2D eigenvalue weighted by Gasteiger charge is 2.29. The number of anilines is 2. The first-order valence-electron chi connectivity index (χ1n) is 12.7. The Hall–Kier alpha value is -3.77. The predicted molar refractivity (Wildman–Crippen MR) is 145 cm³/mol. The Morgan fingerprint density at radius 3 is 2.38 bits per heavy atom. The van der Waals surface area contributed by atoms with Crippen LogP contribution in [0.3, 0.4) is 0 Å². The number of piperazine rings is 1. The first-order valence-corrected chi connectivity index (χ1v) is 14.2. The van der Waals surface area contributed by atoms with Crippen LogP contribution in [0.2, 0.25) is 0 Å². The van der Waals surface area contributed by atoms with Gasteiger partial charge in [-0.05, 0) is 63.2 Å². The molecule has 1 fully saturated rings. The number of sulfonamides is 1. The Labute approximate surface area is 228 Å². The molecule has 0 bridgehead atoms. The van der Waals surface area contributed by atoms with Crippen LogP contribution in [-0.2, 0) is 24.3 Å². The SMILES string of the molecule is CC(C)Oc1ccc(S(=O)(=O)N2CCN(c3ccc(NC(=O)C4=CCC(C)O4)c(OCC(=O)O)c3)CC2)cc1. The summed E-state index contributed by atoms with van der Waals surface area (Å²) in [6, 6.07) is 11.4. The van der Waals surface area contributed by atoms with Crippen LogP contribution in [0.4, 0.5) is 11.4 Å². The first kappa shape index (κ1) is 28.2. The maximum atomic E-state index is 13.2. The Morgan fingerprint density at radius 2 is 1.79 bits per heavy atom. The molecule has 2 aliphatic heterocycles. The third kappa shape index (κ3) is 7.01. The van der Waals surface area contributed by atoms with Gasteiger partial charge in [0.15, 0.2) is 12.4 Å². The van der Waals surface area contributed by atoms with E-state index in [0.29, 0.717) is 36.6 Å². The van der Waals surface area contributed by atoms with Gasteiger partial charge in [-0.2, -0.15) is 4.31 Å². The van der Waals surface area contributed by atoms with Gasteiger partial charge in [0.1, 0.15) is 11.5 Å². The molecule has 0 aliphatic carbocycles. The number of amides is 1. The normalized spacial score (nSPS) is 17.9. The minimum atomic E-state index is -3.68. The van der Waals surface area contributed by atoms with Crippen molar-refractivity contribution in [3.8, 4) is 11.5 Å². The number of rotatable bonds is 10. The first-order chi connectivity index (χ1) is 18.5. The molecule has 11 nitrogen and oxygen atoms in total. The second kappa shape index (κ2) is 12.0. The smallest absolute Gasteiger partial charge is 0.341 e. The number of aliphatic carboxylic acids is 1. The summed E-state index contributed by atoms with van der Waals surface area (Å²) < 4.78 is 44.4. The number of nitrogens with zero attached hydrogens (tertiary/aromatic N) is 2. The van der Waals surface area contributed by atoms with Crippen LogP contribution in [0.15, 0.2) is 59.2 Å². The van der Waals surface area contributed by atoms with Crippen molar-refractivity contribution in [2.24, 2.45) is 0 Å². The number of carboxylic acid groups (broad SMARTS) is 1. The van der Waals surface area contributed by atoms with Crippen molar-refractivity contribution in [2.75, 3.05) is 43.0 Å². The van der Waals surface area contributed by atoms with Crippen molar-refractivity contribution in [1.29, 1.82) is 0 Å². The highest BCUT2D eigenvalue weighted by molar-refractivity contribution is 7.89. The number of benzene rings is 2. The second-order valence-corrected chi connectivity index (χ2v) is 11.5. The molecule has 1 amide bonds. The zero-order valence-electron chi connectivity index (χ0n) is 22.1. The third-order valence-electron chi connectivity index (χ3n) is 6.19. The molecule has 2 aromatic carbocycles. The monoisotopic (exact) mass is 559 g/mol. The van der Waals surface area contributed by atoms with Crippen molar-refractivity contribution >= 4 is 33.3 Å². The number of carbonyl (C=O) groups excluding carboxylic acids is 1. The van der Waals surface area contributed by atoms with E-state index in [1.165, 1.54) is 4.31 Å². The van der Waals surface area contributed by atoms with Crippen LogP contribution in [0.5, 0.6) is 11.5 Å². The quantitative estimate of drug-likeness (QED) is 0.450. The van der Waals surface area contributed by atoms with Crippen molar-refractivity contribution in [3.05, 3.63) is 54.3 Å². The van der Waals surface area contributed by atoms with Gasteiger partial charge in [-0.25, -0.2) is 13.2 Å². The topological polar surface area (TPSA) is 135 Å². The van der Waals surface area contributed by atoms with Gasteiger partial charge in [0.25, 0.3) is 5.91 Å². The van der Waals surface area contributed by atoms with Crippen LogP contribution in [0, 0.1) is 0 Å². The Morgan fingerprint density at radius 1 is 1.10 bits per heavy atom. The van der Waals surface area contributed by atoms with E-state index in [0.717, 1.165) is 0 Å². The van der Waals surface area contributed by atoms with E-state index in [1.54, 1.807) is 48.5 Å². The van der Waals surface area contributed by atoms with E-state index in [2.05, 4.69) is 5.32 Å². The van der Waals surface area contributed by atoms with Crippen LogP contribution in [0.25, 0.3) is 0 Å². The molecule has 0 radical (unpaired) electrons. The van der Waals surface area contributed by atoms with Crippen LogP contribution >= 0.6 is 0 Å². The van der Waals surface area contributed by atoms with Crippen molar-refractivity contribution in [3.63, 3.8) is 0 Å². The van der Waals surface area contributed by atoms with Crippen molar-refractivity contribution in [2.45, 2.75) is 44.3 Å². The highest BCUT2D eigenvalue weighted by atomic mass is 32.2. The molecule has 2 heterocycles. The van der Waals surface area contributed by atoms with Crippen molar-refractivity contribution < 1.29 is 37.3 Å². The molecule has 39 heavy (non-hydrogen) atoms. The lowest BCUT2D eigenvalue weighted by Crippen LogP contribution is -2.48. The summed E-state index contributed by atoms with van der Waals surface area (Å²) in [5.74, 6) is -0.605. The van der Waals surface area contributed by atoms with Crippen molar-refractivity contribution in [1.82, 2.24) is 4.31 Å². The summed E-state index contributed by atoms with van der Waals surface area (Å²) in [6.07, 6.45) is 2.23. The molecular weight excluding hydrogens is 526 g/mol. The molecule has 12 heteroatoms. The molecule has 0 saturated carbocycles. The molecule has 2 aromatic rings. The summed E-state index contributed by atoms with van der Waals surface area (Å²) in [6.45, 7) is 6.43. The molecule has 0 aromatic heterocycles. The van der Waals surface area contributed by atoms with Crippen LogP contribution in [0.1, 0.15) is 27.2 Å². The minimum absolute atomic E-state index is 0.0107. The average molecular weight is 560 g/mol. The maximum Gasteiger partial charge on any atom is 0.341 e. The lowest BCUT2D eigenvalue weighted by atomic mass is 10.2. The number of carbonyl (C=O) groups is 2. The summed E-state index contributed by atoms with van der Waals surface area (Å²) in [7, 11) is -3.68. The average Bonchev–Trinajstić information content (AvgIpc) is 3.34. The molecule has 210 valence electrons. The van der Waals surface area contributed by atoms with Gasteiger partial charge < -0.3 is 29.5 Å².